The van der Waals surface area contributed by atoms with E-state index >= 15 is 0 Å². The summed E-state index contributed by atoms with van der Waals surface area (Å²) in [5.41, 5.74) is 0. The number of carboxylic acid groups (broad SMARTS) is 1. The molecule has 17 heavy (non-hydrogen) atoms. The average Bonchev–Trinajstić information content (AvgIpc) is 2.63. The third-order valence-electron chi connectivity index (χ3n) is 3.49. The Balaban J connectivity index is 1.81. The summed E-state index contributed by atoms with van der Waals surface area (Å²) >= 11 is 1.49. The molecule has 0 aromatic rings. The van der Waals surface area contributed by atoms with Crippen molar-refractivity contribution in [1.82, 2.24) is 20.4 Å². The number of rotatable bonds is 3. The number of likely N-dealkylation sites (N-methyl/N-ethyl adjacent to an activating group) is 1. The molecule has 0 saturated carbocycles. The van der Waals surface area contributed by atoms with Crippen LogP contribution in [0.1, 0.15) is 0 Å². The lowest BCUT2D eigenvalue weighted by Crippen LogP contribution is -2.74. The van der Waals surface area contributed by atoms with Crippen molar-refractivity contribution >= 4 is 23.6 Å². The second-order valence-corrected chi connectivity index (χ2v) is 5.60. The zero-order valence-corrected chi connectivity index (χ0v) is 10.2. The third kappa shape index (κ3) is 1.29. The number of thioether (sulfide) groups is 1. The smallest absolute Gasteiger partial charge is 0.321 e. The summed E-state index contributed by atoms with van der Waals surface area (Å²) in [6.07, 6.45) is 0. The number of hydrogen-bond donors (Lipinski definition) is 3. The van der Waals surface area contributed by atoms with Crippen molar-refractivity contribution in [2.24, 2.45) is 0 Å². The number of aliphatic carboxylic acids is 1. The summed E-state index contributed by atoms with van der Waals surface area (Å²) < 4.78 is 0. The SMILES string of the molecule is CNCC1N[C@@]23SCC(C(=O)O)N2CN3C1=O. The number of nitrogens with zero attached hydrogens (tertiary/aromatic N) is 2. The number of nitrogens with one attached hydrogen (secondary N) is 2. The van der Waals surface area contributed by atoms with E-state index in [4.69, 9.17) is 5.11 Å². The molecule has 7 nitrogen and oxygen atoms in total. The van der Waals surface area contributed by atoms with Crippen LogP contribution in [0.25, 0.3) is 0 Å². The maximum Gasteiger partial charge on any atom is 0.321 e. The Morgan fingerprint density at radius 1 is 1.76 bits per heavy atom. The minimum absolute atomic E-state index is 0.0501. The minimum Gasteiger partial charge on any atom is -0.480 e. The van der Waals surface area contributed by atoms with Crippen molar-refractivity contribution in [3.05, 3.63) is 0 Å². The molecule has 1 spiro atoms. The van der Waals surface area contributed by atoms with E-state index in [0.717, 1.165) is 0 Å². The number of carboxylic acids is 1. The van der Waals surface area contributed by atoms with E-state index in [9.17, 15) is 9.59 Å². The Morgan fingerprint density at radius 2 is 2.53 bits per heavy atom. The van der Waals surface area contributed by atoms with Crippen molar-refractivity contribution in [3.63, 3.8) is 0 Å². The van der Waals surface area contributed by atoms with Crippen molar-refractivity contribution in [2.45, 2.75) is 17.2 Å². The molecule has 0 aromatic heterocycles. The maximum atomic E-state index is 12.0. The highest BCUT2D eigenvalue weighted by molar-refractivity contribution is 8.00. The summed E-state index contributed by atoms with van der Waals surface area (Å²) in [5, 5.41) is 14.7. The Hall–Kier alpha value is -0.830. The molecule has 3 saturated heterocycles. The minimum atomic E-state index is -0.819. The molecule has 8 heteroatoms. The van der Waals surface area contributed by atoms with Crippen LogP contribution in [-0.4, -0.2) is 70.0 Å². The van der Waals surface area contributed by atoms with Crippen LogP contribution in [0.15, 0.2) is 0 Å². The van der Waals surface area contributed by atoms with Crippen molar-refractivity contribution in [3.8, 4) is 0 Å². The van der Waals surface area contributed by atoms with Crippen molar-refractivity contribution in [2.75, 3.05) is 26.0 Å². The third-order valence-corrected chi connectivity index (χ3v) is 4.95. The molecule has 3 N–H and O–H groups in total. The van der Waals surface area contributed by atoms with Gasteiger partial charge in [-0.05, 0) is 7.05 Å². The number of carbonyl (C=O) groups excluding carboxylic acids is 1. The first-order chi connectivity index (χ1) is 8.10. The van der Waals surface area contributed by atoms with Crippen LogP contribution in [-0.2, 0) is 9.59 Å². The average molecular weight is 258 g/mol. The van der Waals surface area contributed by atoms with Gasteiger partial charge in [0.05, 0.1) is 6.67 Å². The highest BCUT2D eigenvalue weighted by atomic mass is 32.2. The lowest BCUT2D eigenvalue weighted by Gasteiger charge is -2.52. The summed E-state index contributed by atoms with van der Waals surface area (Å²) in [4.78, 5) is 26.6. The van der Waals surface area contributed by atoms with E-state index in [0.29, 0.717) is 19.0 Å². The fourth-order valence-corrected chi connectivity index (χ4v) is 4.22. The molecule has 2 unspecified atom stereocenters. The van der Waals surface area contributed by atoms with E-state index in [1.165, 1.54) is 11.8 Å². The molecule has 3 atom stereocenters. The Labute approximate surface area is 103 Å². The van der Waals surface area contributed by atoms with Gasteiger partial charge in [-0.15, -0.1) is 0 Å². The number of amides is 1. The molecule has 3 fully saturated rings. The number of carbonyl (C=O) groups is 2. The molecule has 0 aliphatic carbocycles. The molecule has 3 heterocycles. The van der Waals surface area contributed by atoms with Gasteiger partial charge in [0, 0.05) is 12.3 Å². The molecule has 0 aromatic carbocycles. The van der Waals surface area contributed by atoms with Gasteiger partial charge in [0.2, 0.25) is 11.0 Å². The van der Waals surface area contributed by atoms with Gasteiger partial charge in [-0.25, -0.2) is 4.90 Å². The molecule has 1 amide bonds. The van der Waals surface area contributed by atoms with E-state index in [1.807, 2.05) is 4.90 Å². The topological polar surface area (TPSA) is 84.9 Å². The zero-order chi connectivity index (χ0) is 12.2. The Kier molecular flexibility index (Phi) is 2.37. The van der Waals surface area contributed by atoms with Gasteiger partial charge in [0.25, 0.3) is 0 Å². The predicted molar refractivity (Wildman–Crippen MR) is 61.0 cm³/mol. The van der Waals surface area contributed by atoms with Gasteiger partial charge in [-0.3, -0.25) is 19.8 Å². The normalized spacial score (nSPS) is 40.1. The molecule has 3 rings (SSSR count). The molecular weight excluding hydrogens is 244 g/mol. The molecule has 94 valence electrons. The Bertz CT molecular complexity index is 392. The molecule has 0 bridgehead atoms. The fourth-order valence-electron chi connectivity index (χ4n) is 2.62. The standard InChI is InChI=1S/C9H14N4O3S/c1-10-2-5-7(14)13-4-12-6(8(15)16)3-17-9(12,13)11-5/h5-6,10-11H,2-4H2,1H3,(H,15,16)/t5?,6?,9-/m1/s1. The van der Waals surface area contributed by atoms with Crippen molar-refractivity contribution < 1.29 is 14.7 Å². The predicted octanol–water partition coefficient (Wildman–Crippen LogP) is -1.91. The first kappa shape index (κ1) is 11.3. The van der Waals surface area contributed by atoms with E-state index in [1.54, 1.807) is 11.9 Å². The van der Waals surface area contributed by atoms with Crippen LogP contribution in [0.2, 0.25) is 0 Å². The molecule has 3 aliphatic rings. The van der Waals surface area contributed by atoms with Crippen LogP contribution in [0.4, 0.5) is 0 Å². The summed E-state index contributed by atoms with van der Waals surface area (Å²) in [6, 6.07) is -0.755. The summed E-state index contributed by atoms with van der Waals surface area (Å²) in [6.45, 7) is 0.971. The monoisotopic (exact) mass is 258 g/mol. The van der Waals surface area contributed by atoms with Gasteiger partial charge in [0.1, 0.15) is 12.1 Å². The first-order valence-corrected chi connectivity index (χ1v) is 6.46. The van der Waals surface area contributed by atoms with Crippen LogP contribution < -0.4 is 10.6 Å². The van der Waals surface area contributed by atoms with Crippen LogP contribution >= 0.6 is 11.8 Å². The van der Waals surface area contributed by atoms with Crippen LogP contribution in [0.5, 0.6) is 0 Å². The fraction of sp³-hybridized carbons (Fsp3) is 0.778. The number of hydrogen-bond acceptors (Lipinski definition) is 6. The lowest BCUT2D eigenvalue weighted by atomic mass is 10.2. The van der Waals surface area contributed by atoms with Crippen molar-refractivity contribution in [1.29, 1.82) is 0 Å². The highest BCUT2D eigenvalue weighted by Gasteiger charge is 2.68. The first-order valence-electron chi connectivity index (χ1n) is 5.47. The van der Waals surface area contributed by atoms with E-state index in [-0.39, 0.29) is 11.9 Å². The second kappa shape index (κ2) is 3.58. The van der Waals surface area contributed by atoms with Gasteiger partial charge in [0.15, 0.2) is 0 Å². The van der Waals surface area contributed by atoms with Gasteiger partial charge < -0.3 is 10.4 Å². The van der Waals surface area contributed by atoms with Crippen LogP contribution in [0, 0.1) is 0 Å². The van der Waals surface area contributed by atoms with Crippen LogP contribution in [0.3, 0.4) is 0 Å². The van der Waals surface area contributed by atoms with Gasteiger partial charge in [-0.2, -0.15) is 0 Å². The maximum absolute atomic E-state index is 12.0. The summed E-state index contributed by atoms with van der Waals surface area (Å²) in [7, 11) is 1.79. The molecular formula is C9H14N4O3S. The Morgan fingerprint density at radius 3 is 3.18 bits per heavy atom. The van der Waals surface area contributed by atoms with E-state index in [2.05, 4.69) is 10.6 Å². The van der Waals surface area contributed by atoms with Gasteiger partial charge in [-0.1, -0.05) is 11.8 Å². The summed E-state index contributed by atoms with van der Waals surface area (Å²) in [5.74, 6) is -0.257. The zero-order valence-electron chi connectivity index (χ0n) is 9.34. The second-order valence-electron chi connectivity index (χ2n) is 4.41. The largest absolute Gasteiger partial charge is 0.480 e. The highest BCUT2D eigenvalue weighted by Crippen LogP contribution is 2.50. The molecule has 3 aliphatic heterocycles. The quantitative estimate of drug-likeness (QED) is 0.545. The van der Waals surface area contributed by atoms with E-state index < -0.39 is 17.1 Å². The molecule has 0 radical (unpaired) electrons. The van der Waals surface area contributed by atoms with Gasteiger partial charge >= 0.3 is 5.97 Å². The lowest BCUT2D eigenvalue weighted by molar-refractivity contribution is -0.174.